The summed E-state index contributed by atoms with van der Waals surface area (Å²) in [5, 5.41) is 0.713. The number of benzene rings is 1. The molecule has 1 aliphatic carbocycles. The molecule has 0 unspecified atom stereocenters. The lowest BCUT2D eigenvalue weighted by Crippen LogP contribution is -2.11. The van der Waals surface area contributed by atoms with E-state index in [1.165, 1.54) is 31.2 Å². The lowest BCUT2D eigenvalue weighted by Gasteiger charge is -2.06. The maximum atomic E-state index is 5.95. The van der Waals surface area contributed by atoms with E-state index in [1.807, 2.05) is 18.2 Å². The molecule has 3 nitrogen and oxygen atoms in total. The zero-order valence-electron chi connectivity index (χ0n) is 10.8. The van der Waals surface area contributed by atoms with E-state index in [0.29, 0.717) is 11.2 Å². The van der Waals surface area contributed by atoms with E-state index < -0.39 is 0 Å². The molecule has 0 amide bonds. The molecule has 4 heteroatoms. The molecule has 0 aromatic heterocycles. The molecule has 0 radical (unpaired) electrons. The molecule has 98 valence electrons. The Hall–Kier alpha value is -1.16. The molecule has 1 saturated carbocycles. The molecule has 0 atom stereocenters. The van der Waals surface area contributed by atoms with Crippen molar-refractivity contribution in [3.05, 3.63) is 29.8 Å². The van der Waals surface area contributed by atoms with Crippen LogP contribution in [0.2, 0.25) is 0 Å². The van der Waals surface area contributed by atoms with Gasteiger partial charge in [-0.25, -0.2) is 0 Å². The van der Waals surface area contributed by atoms with Crippen LogP contribution in [0.25, 0.3) is 0 Å². The number of aliphatic imine (C=N–C) groups is 1. The van der Waals surface area contributed by atoms with Gasteiger partial charge in [0.1, 0.15) is 5.75 Å². The molecular weight excluding hydrogens is 244 g/mol. The predicted octanol–water partition coefficient (Wildman–Crippen LogP) is 3.19. The van der Waals surface area contributed by atoms with Gasteiger partial charge in [0.25, 0.3) is 0 Å². The fourth-order valence-corrected chi connectivity index (χ4v) is 2.89. The van der Waals surface area contributed by atoms with Crippen LogP contribution < -0.4 is 10.5 Å². The first kappa shape index (κ1) is 13.3. The highest BCUT2D eigenvalue weighted by atomic mass is 32.2. The SMILES string of the molecule is COc1cccc(CSC(N)=NC2CCCC2)c1. The third kappa shape index (κ3) is 3.95. The van der Waals surface area contributed by atoms with Crippen molar-refractivity contribution in [1.29, 1.82) is 0 Å². The average molecular weight is 264 g/mol. The molecular formula is C14H20N2OS. The van der Waals surface area contributed by atoms with Crippen molar-refractivity contribution in [3.8, 4) is 5.75 Å². The van der Waals surface area contributed by atoms with Crippen molar-refractivity contribution in [2.24, 2.45) is 10.7 Å². The van der Waals surface area contributed by atoms with Gasteiger partial charge in [0.2, 0.25) is 0 Å². The minimum absolute atomic E-state index is 0.461. The summed E-state index contributed by atoms with van der Waals surface area (Å²) in [7, 11) is 1.68. The van der Waals surface area contributed by atoms with Gasteiger partial charge in [0.15, 0.2) is 5.17 Å². The van der Waals surface area contributed by atoms with E-state index >= 15 is 0 Å². The van der Waals surface area contributed by atoms with Crippen LogP contribution in [0.4, 0.5) is 0 Å². The molecule has 1 fully saturated rings. The lowest BCUT2D eigenvalue weighted by molar-refractivity contribution is 0.414. The van der Waals surface area contributed by atoms with E-state index in [-0.39, 0.29) is 0 Å². The number of amidine groups is 1. The first-order valence-electron chi connectivity index (χ1n) is 6.37. The summed E-state index contributed by atoms with van der Waals surface area (Å²) < 4.78 is 5.20. The number of hydrogen-bond donors (Lipinski definition) is 1. The maximum absolute atomic E-state index is 5.95. The van der Waals surface area contributed by atoms with Gasteiger partial charge in [-0.3, -0.25) is 4.99 Å². The molecule has 18 heavy (non-hydrogen) atoms. The van der Waals surface area contributed by atoms with Crippen LogP contribution in [0.1, 0.15) is 31.2 Å². The largest absolute Gasteiger partial charge is 0.497 e. The van der Waals surface area contributed by atoms with Crippen molar-refractivity contribution in [1.82, 2.24) is 0 Å². The maximum Gasteiger partial charge on any atom is 0.154 e. The van der Waals surface area contributed by atoms with Crippen LogP contribution in [-0.2, 0) is 5.75 Å². The monoisotopic (exact) mass is 264 g/mol. The summed E-state index contributed by atoms with van der Waals surface area (Å²) in [6, 6.07) is 8.53. The standard InChI is InChI=1S/C14H20N2OS/c1-17-13-8-4-5-11(9-13)10-18-14(15)16-12-6-2-3-7-12/h4-5,8-9,12H,2-3,6-7,10H2,1H3,(H2,15,16). The van der Waals surface area contributed by atoms with Crippen molar-refractivity contribution >= 4 is 16.9 Å². The summed E-state index contributed by atoms with van der Waals surface area (Å²) in [6.07, 6.45) is 4.98. The lowest BCUT2D eigenvalue weighted by atomic mass is 10.2. The summed E-state index contributed by atoms with van der Waals surface area (Å²) in [5.41, 5.74) is 7.17. The van der Waals surface area contributed by atoms with Gasteiger partial charge in [-0.15, -0.1) is 0 Å². The smallest absolute Gasteiger partial charge is 0.154 e. The Morgan fingerprint density at radius 1 is 1.44 bits per heavy atom. The first-order chi connectivity index (χ1) is 8.78. The number of ether oxygens (including phenoxy) is 1. The molecule has 1 aliphatic rings. The third-order valence-corrected chi connectivity index (χ3v) is 4.03. The summed E-state index contributed by atoms with van der Waals surface area (Å²) in [4.78, 5) is 4.56. The summed E-state index contributed by atoms with van der Waals surface area (Å²) in [6.45, 7) is 0. The van der Waals surface area contributed by atoms with Gasteiger partial charge in [0, 0.05) is 5.75 Å². The third-order valence-electron chi connectivity index (χ3n) is 3.16. The van der Waals surface area contributed by atoms with E-state index in [0.717, 1.165) is 11.5 Å². The Labute approximate surface area is 113 Å². The quantitative estimate of drug-likeness (QED) is 0.671. The summed E-state index contributed by atoms with van der Waals surface area (Å²) >= 11 is 1.61. The zero-order chi connectivity index (χ0) is 12.8. The van der Waals surface area contributed by atoms with E-state index in [9.17, 15) is 0 Å². The first-order valence-corrected chi connectivity index (χ1v) is 7.35. The fourth-order valence-electron chi connectivity index (χ4n) is 2.17. The van der Waals surface area contributed by atoms with Crippen LogP contribution >= 0.6 is 11.8 Å². The van der Waals surface area contributed by atoms with Crippen LogP contribution in [0.15, 0.2) is 29.3 Å². The van der Waals surface area contributed by atoms with E-state index in [2.05, 4.69) is 11.1 Å². The number of nitrogens with zero attached hydrogens (tertiary/aromatic N) is 1. The molecule has 0 saturated heterocycles. The molecule has 2 rings (SSSR count). The van der Waals surface area contributed by atoms with Crippen LogP contribution in [-0.4, -0.2) is 18.3 Å². The Balaban J connectivity index is 1.86. The van der Waals surface area contributed by atoms with Crippen molar-refractivity contribution in [3.63, 3.8) is 0 Å². The number of hydrogen-bond acceptors (Lipinski definition) is 3. The average Bonchev–Trinajstić information content (AvgIpc) is 2.89. The van der Waals surface area contributed by atoms with E-state index in [4.69, 9.17) is 10.5 Å². The van der Waals surface area contributed by atoms with Crippen LogP contribution in [0.5, 0.6) is 5.75 Å². The highest BCUT2D eigenvalue weighted by Crippen LogP contribution is 2.23. The van der Waals surface area contributed by atoms with Crippen molar-refractivity contribution in [2.75, 3.05) is 7.11 Å². The fraction of sp³-hybridized carbons (Fsp3) is 0.500. The van der Waals surface area contributed by atoms with Gasteiger partial charge in [-0.1, -0.05) is 36.7 Å². The van der Waals surface area contributed by atoms with Crippen molar-refractivity contribution in [2.45, 2.75) is 37.5 Å². The molecule has 1 aromatic carbocycles. The molecule has 0 bridgehead atoms. The second kappa shape index (κ2) is 6.69. The Bertz CT molecular complexity index is 414. The molecule has 2 N–H and O–H groups in total. The van der Waals surface area contributed by atoms with Crippen LogP contribution in [0.3, 0.4) is 0 Å². The Morgan fingerprint density at radius 2 is 2.22 bits per heavy atom. The second-order valence-corrected chi connectivity index (χ2v) is 5.54. The predicted molar refractivity (Wildman–Crippen MR) is 78.2 cm³/mol. The van der Waals surface area contributed by atoms with Gasteiger partial charge >= 0.3 is 0 Å². The zero-order valence-corrected chi connectivity index (χ0v) is 11.6. The Kier molecular flexibility index (Phi) is 4.93. The molecule has 0 aliphatic heterocycles. The highest BCUT2D eigenvalue weighted by molar-refractivity contribution is 8.13. The minimum atomic E-state index is 0.461. The van der Waals surface area contributed by atoms with E-state index in [1.54, 1.807) is 18.9 Å². The minimum Gasteiger partial charge on any atom is -0.497 e. The van der Waals surface area contributed by atoms with Gasteiger partial charge < -0.3 is 10.5 Å². The molecule has 1 aromatic rings. The highest BCUT2D eigenvalue weighted by Gasteiger charge is 2.13. The number of thioether (sulfide) groups is 1. The number of methoxy groups -OCH3 is 1. The van der Waals surface area contributed by atoms with Gasteiger partial charge in [-0.05, 0) is 30.5 Å². The van der Waals surface area contributed by atoms with Gasteiger partial charge in [-0.2, -0.15) is 0 Å². The second-order valence-electron chi connectivity index (χ2n) is 4.55. The van der Waals surface area contributed by atoms with Crippen LogP contribution in [0, 0.1) is 0 Å². The van der Waals surface area contributed by atoms with Gasteiger partial charge in [0.05, 0.1) is 13.2 Å². The molecule has 0 heterocycles. The van der Waals surface area contributed by atoms with Crippen molar-refractivity contribution < 1.29 is 4.74 Å². The topological polar surface area (TPSA) is 47.6 Å². The normalized spacial score (nSPS) is 17.1. The summed E-state index contributed by atoms with van der Waals surface area (Å²) in [5.74, 6) is 1.73. The Morgan fingerprint density at radius 3 is 2.94 bits per heavy atom. The number of nitrogens with two attached hydrogens (primary N) is 1. The number of rotatable bonds is 4. The molecule has 0 spiro atoms.